The first-order valence-corrected chi connectivity index (χ1v) is 7.09. The van der Waals surface area contributed by atoms with Gasteiger partial charge in [0.25, 0.3) is 0 Å². The van der Waals surface area contributed by atoms with Crippen molar-refractivity contribution in [2.45, 2.75) is 12.8 Å². The molecule has 1 nitrogen and oxygen atoms in total. The van der Waals surface area contributed by atoms with E-state index in [-0.39, 0.29) is 0 Å². The van der Waals surface area contributed by atoms with Crippen molar-refractivity contribution in [2.24, 2.45) is 0 Å². The van der Waals surface area contributed by atoms with Crippen molar-refractivity contribution in [1.29, 1.82) is 0 Å². The van der Waals surface area contributed by atoms with E-state index in [4.69, 9.17) is 27.9 Å². The van der Waals surface area contributed by atoms with Gasteiger partial charge in [0.2, 0.25) is 0 Å². The van der Waals surface area contributed by atoms with Gasteiger partial charge in [-0.1, -0.05) is 29.8 Å². The van der Waals surface area contributed by atoms with Crippen LogP contribution in [0, 0.1) is 6.92 Å². The van der Waals surface area contributed by atoms with E-state index < -0.39 is 0 Å². The molecular formula is C14H11BrCl2O. The molecule has 0 bridgehead atoms. The molecule has 0 atom stereocenters. The van der Waals surface area contributed by atoms with Crippen LogP contribution in [0.25, 0.3) is 0 Å². The van der Waals surface area contributed by atoms with E-state index in [0.29, 0.717) is 16.7 Å². The topological polar surface area (TPSA) is 9.23 Å². The van der Waals surface area contributed by atoms with E-state index in [1.807, 2.05) is 37.3 Å². The summed E-state index contributed by atoms with van der Waals surface area (Å²) in [5, 5.41) is 0.556. The van der Waals surface area contributed by atoms with Gasteiger partial charge in [0.15, 0.2) is 0 Å². The second-order valence-corrected chi connectivity index (χ2v) is 5.43. The highest BCUT2D eigenvalue weighted by molar-refractivity contribution is 9.10. The molecule has 2 aromatic rings. The van der Waals surface area contributed by atoms with E-state index in [2.05, 4.69) is 15.9 Å². The monoisotopic (exact) mass is 344 g/mol. The minimum Gasteiger partial charge on any atom is -0.454 e. The minimum atomic E-state index is 0.360. The molecule has 0 N–H and O–H groups in total. The molecule has 2 aromatic carbocycles. The molecule has 18 heavy (non-hydrogen) atoms. The zero-order chi connectivity index (χ0) is 13.1. The summed E-state index contributed by atoms with van der Waals surface area (Å²) in [4.78, 5) is 0. The highest BCUT2D eigenvalue weighted by Gasteiger charge is 2.10. The Balaban J connectivity index is 2.39. The number of halogens is 3. The largest absolute Gasteiger partial charge is 0.454 e. The summed E-state index contributed by atoms with van der Waals surface area (Å²) < 4.78 is 6.75. The molecule has 0 heterocycles. The average molecular weight is 346 g/mol. The van der Waals surface area contributed by atoms with Crippen LogP contribution < -0.4 is 4.74 Å². The lowest BCUT2D eigenvalue weighted by atomic mass is 10.2. The van der Waals surface area contributed by atoms with Crippen molar-refractivity contribution < 1.29 is 4.74 Å². The van der Waals surface area contributed by atoms with E-state index in [0.717, 1.165) is 21.3 Å². The standard InChI is InChI=1S/C14H11BrCl2O/c1-9-5-6-13(11(15)7-9)18-14-10(8-16)3-2-4-12(14)17/h2-7H,8H2,1H3. The highest BCUT2D eigenvalue weighted by atomic mass is 79.9. The molecule has 4 heteroatoms. The lowest BCUT2D eigenvalue weighted by Gasteiger charge is -2.12. The summed E-state index contributed by atoms with van der Waals surface area (Å²) in [7, 11) is 0. The zero-order valence-electron chi connectivity index (χ0n) is 9.71. The van der Waals surface area contributed by atoms with Gasteiger partial charge in [-0.25, -0.2) is 0 Å². The second kappa shape index (κ2) is 5.96. The summed E-state index contributed by atoms with van der Waals surface area (Å²) in [5.41, 5.74) is 2.03. The number of ether oxygens (including phenoxy) is 1. The van der Waals surface area contributed by atoms with Crippen LogP contribution in [0.1, 0.15) is 11.1 Å². The van der Waals surface area contributed by atoms with Gasteiger partial charge < -0.3 is 4.74 Å². The van der Waals surface area contributed by atoms with Gasteiger partial charge in [-0.2, -0.15) is 0 Å². The van der Waals surface area contributed by atoms with Crippen molar-refractivity contribution in [3.05, 3.63) is 57.0 Å². The fraction of sp³-hybridized carbons (Fsp3) is 0.143. The SMILES string of the molecule is Cc1ccc(Oc2c(Cl)cccc2CCl)c(Br)c1. The van der Waals surface area contributed by atoms with Gasteiger partial charge in [-0.3, -0.25) is 0 Å². The number of benzene rings is 2. The maximum atomic E-state index is 6.14. The summed E-state index contributed by atoms with van der Waals surface area (Å²) >= 11 is 15.5. The molecule has 0 amide bonds. The van der Waals surface area contributed by atoms with Crippen LogP contribution in [0.15, 0.2) is 40.9 Å². The van der Waals surface area contributed by atoms with Crippen molar-refractivity contribution in [3.8, 4) is 11.5 Å². The molecular weight excluding hydrogens is 335 g/mol. The van der Waals surface area contributed by atoms with E-state index in [9.17, 15) is 0 Å². The molecule has 94 valence electrons. The highest BCUT2D eigenvalue weighted by Crippen LogP contribution is 2.37. The molecule has 0 unspecified atom stereocenters. The van der Waals surface area contributed by atoms with Crippen LogP contribution in [0.4, 0.5) is 0 Å². The maximum Gasteiger partial charge on any atom is 0.150 e. The third-order valence-electron chi connectivity index (χ3n) is 2.49. The molecule has 0 aliphatic carbocycles. The first-order chi connectivity index (χ1) is 8.61. The minimum absolute atomic E-state index is 0.360. The van der Waals surface area contributed by atoms with Crippen LogP contribution >= 0.6 is 39.1 Å². The third-order valence-corrected chi connectivity index (χ3v) is 3.70. The van der Waals surface area contributed by atoms with Gasteiger partial charge in [0.1, 0.15) is 11.5 Å². The first-order valence-electron chi connectivity index (χ1n) is 5.39. The number of hydrogen-bond donors (Lipinski definition) is 0. The van der Waals surface area contributed by atoms with Crippen LogP contribution in [-0.4, -0.2) is 0 Å². The lowest BCUT2D eigenvalue weighted by Crippen LogP contribution is -1.91. The Labute approximate surface area is 125 Å². The Hall–Kier alpha value is -0.700. The molecule has 0 aromatic heterocycles. The van der Waals surface area contributed by atoms with E-state index in [1.165, 1.54) is 0 Å². The number of hydrogen-bond acceptors (Lipinski definition) is 1. The Morgan fingerprint density at radius 2 is 2.00 bits per heavy atom. The maximum absolute atomic E-state index is 6.14. The fourth-order valence-corrected chi connectivity index (χ4v) is 2.59. The van der Waals surface area contributed by atoms with Gasteiger partial charge in [-0.15, -0.1) is 11.6 Å². The predicted molar refractivity (Wildman–Crippen MR) is 80.0 cm³/mol. The first kappa shape index (κ1) is 13.7. The van der Waals surface area contributed by atoms with Crippen LogP contribution in [0.3, 0.4) is 0 Å². The van der Waals surface area contributed by atoms with Crippen LogP contribution in [0.2, 0.25) is 5.02 Å². The van der Waals surface area contributed by atoms with Gasteiger partial charge in [0, 0.05) is 5.56 Å². The molecule has 0 saturated carbocycles. The van der Waals surface area contributed by atoms with Crippen molar-refractivity contribution >= 4 is 39.1 Å². The normalized spacial score (nSPS) is 10.4. The number of aryl methyl sites for hydroxylation is 1. The number of alkyl halides is 1. The third kappa shape index (κ3) is 3.00. The fourth-order valence-electron chi connectivity index (χ4n) is 1.57. The Kier molecular flexibility index (Phi) is 4.55. The van der Waals surface area contributed by atoms with Crippen molar-refractivity contribution in [3.63, 3.8) is 0 Å². The van der Waals surface area contributed by atoms with Gasteiger partial charge in [-0.05, 0) is 46.6 Å². The second-order valence-electron chi connectivity index (χ2n) is 3.90. The number of para-hydroxylation sites is 1. The number of rotatable bonds is 3. The summed E-state index contributed by atoms with van der Waals surface area (Å²) in [5.74, 6) is 1.69. The quantitative estimate of drug-likeness (QED) is 0.625. The summed E-state index contributed by atoms with van der Waals surface area (Å²) in [6.07, 6.45) is 0. The molecule has 2 rings (SSSR count). The van der Waals surface area contributed by atoms with Crippen molar-refractivity contribution in [1.82, 2.24) is 0 Å². The Morgan fingerprint density at radius 1 is 1.22 bits per heavy atom. The Bertz CT molecular complexity index is 570. The molecule has 0 saturated heterocycles. The molecule has 0 aliphatic heterocycles. The zero-order valence-corrected chi connectivity index (χ0v) is 12.8. The van der Waals surface area contributed by atoms with E-state index in [1.54, 1.807) is 6.07 Å². The molecule has 0 radical (unpaired) electrons. The average Bonchev–Trinajstić information content (AvgIpc) is 2.34. The molecule has 0 fully saturated rings. The Morgan fingerprint density at radius 3 is 2.67 bits per heavy atom. The van der Waals surface area contributed by atoms with Crippen LogP contribution in [-0.2, 0) is 5.88 Å². The smallest absolute Gasteiger partial charge is 0.150 e. The van der Waals surface area contributed by atoms with Crippen LogP contribution in [0.5, 0.6) is 11.5 Å². The predicted octanol–water partition coefficient (Wildman–Crippen LogP) is 5.94. The van der Waals surface area contributed by atoms with Gasteiger partial charge in [0.05, 0.1) is 15.4 Å². The molecule has 0 spiro atoms. The summed E-state index contributed by atoms with van der Waals surface area (Å²) in [6.45, 7) is 2.02. The van der Waals surface area contributed by atoms with E-state index >= 15 is 0 Å². The van der Waals surface area contributed by atoms with Gasteiger partial charge >= 0.3 is 0 Å². The van der Waals surface area contributed by atoms with Crippen molar-refractivity contribution in [2.75, 3.05) is 0 Å². The lowest BCUT2D eigenvalue weighted by molar-refractivity contribution is 0.475. The molecule has 0 aliphatic rings. The summed E-state index contributed by atoms with van der Waals surface area (Å²) in [6, 6.07) is 11.4.